The molecule has 3 heterocycles. The van der Waals surface area contributed by atoms with Crippen molar-refractivity contribution in [2.24, 2.45) is 5.41 Å². The van der Waals surface area contributed by atoms with Gasteiger partial charge >= 0.3 is 0 Å². The van der Waals surface area contributed by atoms with Crippen LogP contribution in [0.1, 0.15) is 99.8 Å². The van der Waals surface area contributed by atoms with Gasteiger partial charge in [-0.15, -0.1) is 0 Å². The minimum Gasteiger partial charge on any atom is -0.328 e. The van der Waals surface area contributed by atoms with Gasteiger partial charge in [-0.2, -0.15) is 0 Å². The molecule has 0 radical (unpaired) electrons. The van der Waals surface area contributed by atoms with E-state index in [9.17, 15) is 0 Å². The van der Waals surface area contributed by atoms with Crippen molar-refractivity contribution in [3.8, 4) is 5.82 Å². The highest BCUT2D eigenvalue weighted by atomic mass is 15.4. The maximum absolute atomic E-state index is 4.99. The zero-order valence-electron chi connectivity index (χ0n) is 37.2. The largest absolute Gasteiger partial charge is 0.328 e. The summed E-state index contributed by atoms with van der Waals surface area (Å²) >= 11 is 0. The Morgan fingerprint density at radius 2 is 1.12 bits per heavy atom. The Labute approximate surface area is 352 Å². The number of hydrogen-bond donors (Lipinski definition) is 0. The molecule has 8 rings (SSSR count). The van der Waals surface area contributed by atoms with Gasteiger partial charge in [-0.05, 0) is 106 Å². The van der Waals surface area contributed by atoms with E-state index in [0.29, 0.717) is 0 Å². The monoisotopic (exact) mass is 779 g/mol. The van der Waals surface area contributed by atoms with Crippen LogP contribution in [0.15, 0.2) is 145 Å². The minimum absolute atomic E-state index is 0.00756. The Kier molecular flexibility index (Phi) is 9.81. The first-order valence-corrected chi connectivity index (χ1v) is 21.2. The van der Waals surface area contributed by atoms with Crippen LogP contribution in [0.5, 0.6) is 0 Å². The van der Waals surface area contributed by atoms with Crippen molar-refractivity contribution in [1.82, 2.24) is 9.55 Å². The first kappa shape index (κ1) is 40.0. The van der Waals surface area contributed by atoms with Crippen LogP contribution in [0, 0.1) is 5.41 Å². The lowest BCUT2D eigenvalue weighted by atomic mass is 9.85. The predicted molar refractivity (Wildman–Crippen MR) is 253 cm³/mol. The van der Waals surface area contributed by atoms with E-state index in [-0.39, 0.29) is 21.7 Å². The lowest BCUT2D eigenvalue weighted by Gasteiger charge is -2.34. The Hall–Kier alpha value is -5.81. The van der Waals surface area contributed by atoms with Crippen LogP contribution in [0.2, 0.25) is 0 Å². The number of pyridine rings is 1. The van der Waals surface area contributed by atoms with E-state index in [0.717, 1.165) is 40.6 Å². The number of aromatic nitrogens is 2. The summed E-state index contributed by atoms with van der Waals surface area (Å²) in [7, 11) is 0. The quantitative estimate of drug-likeness (QED) is 0.168. The van der Waals surface area contributed by atoms with E-state index in [4.69, 9.17) is 4.98 Å². The minimum atomic E-state index is -0.0979. The Bertz CT molecular complexity index is 2690. The van der Waals surface area contributed by atoms with Crippen LogP contribution < -0.4 is 14.7 Å². The Morgan fingerprint density at radius 1 is 0.475 bits per heavy atom. The summed E-state index contributed by atoms with van der Waals surface area (Å²) in [6.07, 6.45) is 4.33. The molecule has 1 aliphatic rings. The van der Waals surface area contributed by atoms with Crippen molar-refractivity contribution < 1.29 is 0 Å². The molecule has 7 aromatic rings. The summed E-state index contributed by atoms with van der Waals surface area (Å²) in [6.45, 7) is 28.3. The van der Waals surface area contributed by atoms with Crippen molar-refractivity contribution in [2.75, 3.05) is 21.4 Å². The summed E-state index contributed by atoms with van der Waals surface area (Å²) in [5.74, 6) is 0.928. The highest BCUT2D eigenvalue weighted by molar-refractivity contribution is 6.10. The molecule has 0 fully saturated rings. The van der Waals surface area contributed by atoms with Crippen molar-refractivity contribution in [3.05, 3.63) is 162 Å². The summed E-state index contributed by atoms with van der Waals surface area (Å²) in [5.41, 5.74) is 13.0. The number of nitrogens with zero attached hydrogens (tertiary/aromatic N) is 5. The van der Waals surface area contributed by atoms with Crippen molar-refractivity contribution in [2.45, 2.75) is 99.3 Å². The van der Waals surface area contributed by atoms with Gasteiger partial charge in [-0.1, -0.05) is 138 Å². The smallest absolute Gasteiger partial charge is 0.137 e. The fourth-order valence-electron chi connectivity index (χ4n) is 8.30. The number of para-hydroxylation sites is 2. The number of benzene rings is 5. The maximum atomic E-state index is 4.99. The fraction of sp³-hybridized carbons (Fsp3) is 0.315. The molecule has 0 saturated heterocycles. The van der Waals surface area contributed by atoms with Crippen molar-refractivity contribution >= 4 is 50.2 Å². The van der Waals surface area contributed by atoms with E-state index in [1.165, 1.54) is 44.5 Å². The molecular weight excluding hydrogens is 719 g/mol. The van der Waals surface area contributed by atoms with Crippen LogP contribution >= 0.6 is 0 Å². The van der Waals surface area contributed by atoms with Gasteiger partial charge in [-0.25, -0.2) is 4.98 Å². The van der Waals surface area contributed by atoms with E-state index < -0.39 is 0 Å². The molecule has 0 aliphatic carbocycles. The summed E-state index contributed by atoms with van der Waals surface area (Å²) in [5, 5.41) is 2.42. The third kappa shape index (κ3) is 7.76. The number of rotatable bonds is 6. The zero-order valence-corrected chi connectivity index (χ0v) is 37.2. The predicted octanol–water partition coefficient (Wildman–Crippen LogP) is 14.7. The average Bonchev–Trinajstić information content (AvgIpc) is 3.79. The molecule has 1 aliphatic heterocycles. The summed E-state index contributed by atoms with van der Waals surface area (Å²) in [6, 6.07) is 47.1. The average molecular weight is 780 g/mol. The molecule has 0 saturated carbocycles. The Balaban J connectivity index is 1.32. The maximum Gasteiger partial charge on any atom is 0.137 e. The topological polar surface area (TPSA) is 27.5 Å². The number of hydrogen-bond acceptors (Lipinski definition) is 4. The van der Waals surface area contributed by atoms with Crippen molar-refractivity contribution in [1.29, 1.82) is 0 Å². The molecule has 0 amide bonds. The molecule has 5 nitrogen and oxygen atoms in total. The van der Waals surface area contributed by atoms with Crippen molar-refractivity contribution in [3.63, 3.8) is 0 Å². The second-order valence-corrected chi connectivity index (χ2v) is 20.5. The number of allylic oxidation sites excluding steroid dienone is 1. The first-order valence-electron chi connectivity index (χ1n) is 21.2. The SMILES string of the molecule is CC(C)(C)C1=CN(c2cccc(C(C)(C)C)c2)CN1c1cc(N(c2ccccc2)c2ccc3c4ccccc4n(-c4cc(C(C)(C)C)ccn4)c3c2)cc(C(C)(C)C)c1. The molecule has 5 aromatic carbocycles. The summed E-state index contributed by atoms with van der Waals surface area (Å²) in [4.78, 5) is 12.4. The van der Waals surface area contributed by atoms with Gasteiger partial charge in [0.15, 0.2) is 0 Å². The molecule has 0 spiro atoms. The molecule has 0 atom stereocenters. The zero-order chi connectivity index (χ0) is 42.1. The highest BCUT2D eigenvalue weighted by Gasteiger charge is 2.33. The molecule has 2 aromatic heterocycles. The fourth-order valence-corrected chi connectivity index (χ4v) is 8.30. The molecule has 0 bridgehead atoms. The van der Waals surface area contributed by atoms with Gasteiger partial charge in [0.2, 0.25) is 0 Å². The highest BCUT2D eigenvalue weighted by Crippen LogP contribution is 2.45. The molecule has 0 N–H and O–H groups in total. The third-order valence-electron chi connectivity index (χ3n) is 11.8. The van der Waals surface area contributed by atoms with E-state index >= 15 is 0 Å². The first-order chi connectivity index (χ1) is 27.8. The van der Waals surface area contributed by atoms with Crippen LogP contribution in [0.3, 0.4) is 0 Å². The summed E-state index contributed by atoms with van der Waals surface area (Å²) < 4.78 is 2.34. The van der Waals surface area contributed by atoms with Gasteiger partial charge in [0.1, 0.15) is 5.82 Å². The van der Waals surface area contributed by atoms with Crippen LogP contribution in [0.4, 0.5) is 28.4 Å². The lowest BCUT2D eigenvalue weighted by Crippen LogP contribution is -2.31. The van der Waals surface area contributed by atoms with Gasteiger partial charge in [0, 0.05) is 62.7 Å². The second-order valence-electron chi connectivity index (χ2n) is 20.5. The van der Waals surface area contributed by atoms with Gasteiger partial charge in [0.25, 0.3) is 0 Å². The van der Waals surface area contributed by atoms with Gasteiger partial charge < -0.3 is 14.7 Å². The second kappa shape index (κ2) is 14.5. The van der Waals surface area contributed by atoms with E-state index in [1.807, 2.05) is 6.20 Å². The number of anilines is 5. The molecule has 59 heavy (non-hydrogen) atoms. The lowest BCUT2D eigenvalue weighted by molar-refractivity contribution is 0.492. The molecule has 0 unspecified atom stereocenters. The van der Waals surface area contributed by atoms with Crippen LogP contribution in [-0.2, 0) is 16.2 Å². The van der Waals surface area contributed by atoms with Gasteiger partial charge in [-0.3, -0.25) is 4.57 Å². The van der Waals surface area contributed by atoms with Crippen LogP contribution in [0.25, 0.3) is 27.6 Å². The normalized spacial score (nSPS) is 14.1. The van der Waals surface area contributed by atoms with Gasteiger partial charge in [0.05, 0.1) is 17.7 Å². The van der Waals surface area contributed by atoms with E-state index in [1.54, 1.807) is 0 Å². The number of fused-ring (bicyclic) bond motifs is 3. The Morgan fingerprint density at radius 3 is 1.81 bits per heavy atom. The molecule has 302 valence electrons. The molecule has 5 heteroatoms. The third-order valence-corrected chi connectivity index (χ3v) is 11.8. The van der Waals surface area contributed by atoms with Crippen LogP contribution in [-0.4, -0.2) is 16.2 Å². The van der Waals surface area contributed by atoms with E-state index in [2.05, 4.69) is 236 Å². The molecular formula is C54H61N5. The standard InChI is InChI=1S/C54H61N5/c1-51(2,3)37-19-18-22-41(29-37)56-35-49(54(10,11)12)57(36-56)43-30-39(53(7,8)9)31-44(33-43)58(40-20-14-13-15-21-40)42-25-26-46-45-23-16-17-24-47(45)59(48(46)34-42)50-32-38(27-28-55-50)52(4,5)6/h13-35H,36H2,1-12H3.